The molecule has 0 aliphatic heterocycles. The quantitative estimate of drug-likeness (QED) is 0.530. The van der Waals surface area contributed by atoms with E-state index < -0.39 is 5.91 Å². The van der Waals surface area contributed by atoms with Gasteiger partial charge >= 0.3 is 0 Å². The van der Waals surface area contributed by atoms with Gasteiger partial charge in [-0.1, -0.05) is 30.3 Å². The highest BCUT2D eigenvalue weighted by Crippen LogP contribution is 2.12. The van der Waals surface area contributed by atoms with Crippen LogP contribution in [0.4, 0.5) is 0 Å². The first-order valence-corrected chi connectivity index (χ1v) is 8.73. The van der Waals surface area contributed by atoms with Crippen LogP contribution in [0.5, 0.6) is 5.75 Å². The van der Waals surface area contributed by atoms with Gasteiger partial charge in [0.25, 0.3) is 5.91 Å². The van der Waals surface area contributed by atoms with Crippen LogP contribution in [-0.4, -0.2) is 30.4 Å². The second-order valence-electron chi connectivity index (χ2n) is 5.10. The number of amides is 2. The summed E-state index contributed by atoms with van der Waals surface area (Å²) in [5.74, 6) is 0.978. The number of nitrogens with one attached hydrogen (secondary N) is 1. The molecule has 0 fully saturated rings. The third-order valence-electron chi connectivity index (χ3n) is 3.01. The molecule has 0 saturated heterocycles. The molecule has 2 aromatic carbocycles. The molecule has 2 amide bonds. The molecule has 0 bridgehead atoms. The standard InChI is InChI=1S/C18H19N3O3S/c19-17(22)11-24-16-8-6-14(7-9-16)10-20-21-18(23)13-25-12-15-4-2-1-3-5-15/h1-10H,11-13H2,(H2,19,22)(H,21,23)/b20-10-. The van der Waals surface area contributed by atoms with Gasteiger partial charge in [0.05, 0.1) is 12.0 Å². The van der Waals surface area contributed by atoms with Crippen LogP contribution in [0.2, 0.25) is 0 Å². The second kappa shape index (κ2) is 10.1. The lowest BCUT2D eigenvalue weighted by Crippen LogP contribution is -2.20. The van der Waals surface area contributed by atoms with E-state index in [1.807, 2.05) is 30.3 Å². The van der Waals surface area contributed by atoms with Crippen molar-refractivity contribution in [1.29, 1.82) is 0 Å². The molecule has 0 aromatic heterocycles. The van der Waals surface area contributed by atoms with Gasteiger partial charge in [0.2, 0.25) is 5.91 Å². The molecular weight excluding hydrogens is 338 g/mol. The summed E-state index contributed by atoms with van der Waals surface area (Å²) in [4.78, 5) is 22.4. The van der Waals surface area contributed by atoms with Crippen molar-refractivity contribution in [3.63, 3.8) is 0 Å². The maximum Gasteiger partial charge on any atom is 0.255 e. The zero-order valence-corrected chi connectivity index (χ0v) is 14.4. The van der Waals surface area contributed by atoms with Gasteiger partial charge in [0, 0.05) is 5.75 Å². The van der Waals surface area contributed by atoms with Crippen LogP contribution in [0.25, 0.3) is 0 Å². The Balaban J connectivity index is 1.69. The summed E-state index contributed by atoms with van der Waals surface area (Å²) in [5, 5.41) is 3.92. The fourth-order valence-corrected chi connectivity index (χ4v) is 2.63. The Morgan fingerprint density at radius 1 is 1.12 bits per heavy atom. The number of nitrogens with two attached hydrogens (primary N) is 1. The summed E-state index contributed by atoms with van der Waals surface area (Å²) in [6, 6.07) is 16.9. The maximum absolute atomic E-state index is 11.7. The van der Waals surface area contributed by atoms with Crippen molar-refractivity contribution in [3.05, 3.63) is 65.7 Å². The number of rotatable bonds is 9. The number of carbonyl (C=O) groups is 2. The minimum atomic E-state index is -0.529. The number of hydrogen-bond acceptors (Lipinski definition) is 5. The van der Waals surface area contributed by atoms with Crippen molar-refractivity contribution in [2.24, 2.45) is 10.8 Å². The Morgan fingerprint density at radius 3 is 2.52 bits per heavy atom. The molecule has 0 aliphatic carbocycles. The van der Waals surface area contributed by atoms with E-state index in [2.05, 4.69) is 10.5 Å². The molecule has 0 atom stereocenters. The Bertz CT molecular complexity index is 718. The largest absolute Gasteiger partial charge is 0.484 e. The Kier molecular flexibility index (Phi) is 7.52. The number of hydrogen-bond donors (Lipinski definition) is 2. The number of thioether (sulfide) groups is 1. The number of hydrazone groups is 1. The number of carbonyl (C=O) groups excluding carboxylic acids is 2. The molecule has 0 spiro atoms. The molecule has 0 heterocycles. The minimum absolute atomic E-state index is 0.154. The molecule has 2 rings (SSSR count). The van der Waals surface area contributed by atoms with Crippen LogP contribution in [0, 0.1) is 0 Å². The Labute approximate surface area is 150 Å². The molecule has 0 radical (unpaired) electrons. The number of nitrogens with zero attached hydrogens (tertiary/aromatic N) is 1. The SMILES string of the molecule is NC(=O)COc1ccc(/C=N\NC(=O)CSCc2ccccc2)cc1. The van der Waals surface area contributed by atoms with Crippen LogP contribution in [-0.2, 0) is 15.3 Å². The van der Waals surface area contributed by atoms with Crippen molar-refractivity contribution in [3.8, 4) is 5.75 Å². The third-order valence-corrected chi connectivity index (χ3v) is 4.01. The van der Waals surface area contributed by atoms with Gasteiger partial charge in [-0.05, 0) is 35.4 Å². The highest BCUT2D eigenvalue weighted by molar-refractivity contribution is 7.99. The predicted octanol–water partition coefficient (Wildman–Crippen LogP) is 1.93. The first-order chi connectivity index (χ1) is 12.1. The molecular formula is C18H19N3O3S. The fraction of sp³-hybridized carbons (Fsp3) is 0.167. The highest BCUT2D eigenvalue weighted by atomic mass is 32.2. The monoisotopic (exact) mass is 357 g/mol. The lowest BCUT2D eigenvalue weighted by molar-refractivity contribution is -0.120. The van der Waals surface area contributed by atoms with Crippen molar-refractivity contribution < 1.29 is 14.3 Å². The lowest BCUT2D eigenvalue weighted by atomic mass is 10.2. The van der Waals surface area contributed by atoms with Crippen molar-refractivity contribution in [1.82, 2.24) is 5.43 Å². The molecule has 0 unspecified atom stereocenters. The van der Waals surface area contributed by atoms with E-state index in [4.69, 9.17) is 10.5 Å². The minimum Gasteiger partial charge on any atom is -0.484 e. The summed E-state index contributed by atoms with van der Waals surface area (Å²) in [6.07, 6.45) is 1.54. The van der Waals surface area contributed by atoms with E-state index in [1.165, 1.54) is 23.5 Å². The summed E-state index contributed by atoms with van der Waals surface area (Å²) in [7, 11) is 0. The lowest BCUT2D eigenvalue weighted by Gasteiger charge is -2.03. The van der Waals surface area contributed by atoms with Gasteiger partial charge in [0.15, 0.2) is 6.61 Å². The summed E-state index contributed by atoms with van der Waals surface area (Å²) < 4.78 is 5.15. The average Bonchev–Trinajstić information content (AvgIpc) is 2.62. The van der Waals surface area contributed by atoms with Crippen LogP contribution in [0.15, 0.2) is 59.7 Å². The van der Waals surface area contributed by atoms with Gasteiger partial charge < -0.3 is 10.5 Å². The molecule has 0 aliphatic rings. The van der Waals surface area contributed by atoms with E-state index >= 15 is 0 Å². The molecule has 0 saturated carbocycles. The first-order valence-electron chi connectivity index (χ1n) is 7.58. The van der Waals surface area contributed by atoms with Crippen LogP contribution in [0.3, 0.4) is 0 Å². The normalized spacial score (nSPS) is 10.6. The number of ether oxygens (including phenoxy) is 1. The molecule has 2 aromatic rings. The third kappa shape index (κ3) is 7.54. The zero-order chi connectivity index (χ0) is 17.9. The Hall–Kier alpha value is -2.80. The molecule has 25 heavy (non-hydrogen) atoms. The highest BCUT2D eigenvalue weighted by Gasteiger charge is 2.01. The topological polar surface area (TPSA) is 93.8 Å². The first kappa shape index (κ1) is 18.5. The zero-order valence-electron chi connectivity index (χ0n) is 13.6. The van der Waals surface area contributed by atoms with Crippen LogP contribution >= 0.6 is 11.8 Å². The summed E-state index contributed by atoms with van der Waals surface area (Å²) in [6.45, 7) is -0.163. The van der Waals surface area contributed by atoms with Gasteiger partial charge in [0.1, 0.15) is 5.75 Å². The summed E-state index contributed by atoms with van der Waals surface area (Å²) >= 11 is 1.53. The van der Waals surface area contributed by atoms with E-state index in [0.29, 0.717) is 11.5 Å². The molecule has 7 heteroatoms. The molecule has 130 valence electrons. The van der Waals surface area contributed by atoms with Gasteiger partial charge in [-0.2, -0.15) is 5.10 Å². The van der Waals surface area contributed by atoms with Gasteiger partial charge in [-0.3, -0.25) is 9.59 Å². The molecule has 6 nitrogen and oxygen atoms in total. The maximum atomic E-state index is 11.7. The smallest absolute Gasteiger partial charge is 0.255 e. The summed E-state index contributed by atoms with van der Waals surface area (Å²) in [5.41, 5.74) is 9.47. The van der Waals surface area contributed by atoms with E-state index in [0.717, 1.165) is 11.3 Å². The van der Waals surface area contributed by atoms with Crippen LogP contribution in [0.1, 0.15) is 11.1 Å². The number of benzene rings is 2. The van der Waals surface area contributed by atoms with E-state index in [1.54, 1.807) is 24.3 Å². The fourth-order valence-electron chi connectivity index (χ4n) is 1.85. The van der Waals surface area contributed by atoms with Gasteiger partial charge in [-0.15, -0.1) is 11.8 Å². The van der Waals surface area contributed by atoms with E-state index in [9.17, 15) is 9.59 Å². The molecule has 3 N–H and O–H groups in total. The van der Waals surface area contributed by atoms with E-state index in [-0.39, 0.29) is 12.5 Å². The van der Waals surface area contributed by atoms with Crippen molar-refractivity contribution in [2.75, 3.05) is 12.4 Å². The van der Waals surface area contributed by atoms with Gasteiger partial charge in [-0.25, -0.2) is 5.43 Å². The van der Waals surface area contributed by atoms with Crippen LogP contribution < -0.4 is 15.9 Å². The predicted molar refractivity (Wildman–Crippen MR) is 99.5 cm³/mol. The Morgan fingerprint density at radius 2 is 1.84 bits per heavy atom. The average molecular weight is 357 g/mol. The number of primary amides is 1. The van der Waals surface area contributed by atoms with Crippen molar-refractivity contribution in [2.45, 2.75) is 5.75 Å². The van der Waals surface area contributed by atoms with Crippen molar-refractivity contribution >= 4 is 29.8 Å². The second-order valence-corrected chi connectivity index (χ2v) is 6.08.